The summed E-state index contributed by atoms with van der Waals surface area (Å²) < 4.78 is 1.84. The number of aromatic nitrogens is 1. The highest BCUT2D eigenvalue weighted by atomic mass is 35.5. The van der Waals surface area contributed by atoms with Gasteiger partial charge in [0.25, 0.3) is 5.56 Å². The zero-order chi connectivity index (χ0) is 21.5. The monoisotopic (exact) mass is 429 g/mol. The van der Waals surface area contributed by atoms with Crippen molar-refractivity contribution in [3.05, 3.63) is 63.0 Å². The molecule has 3 rings (SSSR count). The summed E-state index contributed by atoms with van der Waals surface area (Å²) in [7, 11) is 1.84. The quantitative estimate of drug-likeness (QED) is 0.435. The van der Waals surface area contributed by atoms with E-state index in [4.69, 9.17) is 11.6 Å². The highest BCUT2D eigenvalue weighted by Gasteiger charge is 2.20. The number of anilines is 1. The lowest BCUT2D eigenvalue weighted by molar-refractivity contribution is 0.372. The van der Waals surface area contributed by atoms with Crippen LogP contribution in [0.25, 0.3) is 0 Å². The molecule has 1 aliphatic heterocycles. The summed E-state index contributed by atoms with van der Waals surface area (Å²) in [5, 5.41) is 4.26. The Labute approximate surface area is 184 Å². The fraction of sp³-hybridized carbons (Fsp3) is 0.478. The first kappa shape index (κ1) is 22.2. The molecule has 7 heteroatoms. The molecule has 162 valence electrons. The number of aryl methyl sites for hydroxylation is 2. The molecule has 1 aromatic heterocycles. The predicted molar refractivity (Wildman–Crippen MR) is 126 cm³/mol. The standard InChI is InChI=1S/C23H32ClN5O/c1-18-9-10-20(24)17-21(18)27-13-15-28(16-14-27)23(25-3)26-11-4-5-12-29-19(2)7-6-8-22(29)30/h6-10,17H,4-5,11-16H2,1-3H3,(H,25,26). The minimum atomic E-state index is 0.0755. The molecule has 0 amide bonds. The van der Waals surface area contributed by atoms with Crippen LogP contribution in [0.2, 0.25) is 5.02 Å². The van der Waals surface area contributed by atoms with Crippen LogP contribution in [0.1, 0.15) is 24.1 Å². The van der Waals surface area contributed by atoms with Gasteiger partial charge in [0.1, 0.15) is 0 Å². The van der Waals surface area contributed by atoms with Gasteiger partial charge >= 0.3 is 0 Å². The largest absolute Gasteiger partial charge is 0.368 e. The number of pyridine rings is 1. The highest BCUT2D eigenvalue weighted by molar-refractivity contribution is 6.30. The smallest absolute Gasteiger partial charge is 0.250 e. The summed E-state index contributed by atoms with van der Waals surface area (Å²) in [6.07, 6.45) is 1.94. The van der Waals surface area contributed by atoms with Crippen molar-refractivity contribution in [1.82, 2.24) is 14.8 Å². The summed E-state index contributed by atoms with van der Waals surface area (Å²) in [5.74, 6) is 0.950. The molecule has 0 spiro atoms. The zero-order valence-corrected chi connectivity index (χ0v) is 19.0. The Morgan fingerprint density at radius 1 is 1.10 bits per heavy atom. The van der Waals surface area contributed by atoms with E-state index in [2.05, 4.69) is 39.2 Å². The number of halogens is 1. The van der Waals surface area contributed by atoms with Gasteiger partial charge in [-0.15, -0.1) is 0 Å². The topological polar surface area (TPSA) is 52.9 Å². The number of nitrogens with zero attached hydrogens (tertiary/aromatic N) is 4. The van der Waals surface area contributed by atoms with E-state index in [1.807, 2.05) is 36.7 Å². The van der Waals surface area contributed by atoms with Crippen LogP contribution in [0.15, 0.2) is 46.2 Å². The van der Waals surface area contributed by atoms with Crippen molar-refractivity contribution in [3.8, 4) is 0 Å². The van der Waals surface area contributed by atoms with Crippen LogP contribution in [0.5, 0.6) is 0 Å². The van der Waals surface area contributed by atoms with Gasteiger partial charge in [0.15, 0.2) is 5.96 Å². The lowest BCUT2D eigenvalue weighted by atomic mass is 10.1. The van der Waals surface area contributed by atoms with Crippen LogP contribution in [0.3, 0.4) is 0 Å². The van der Waals surface area contributed by atoms with E-state index in [1.54, 1.807) is 6.07 Å². The second-order valence-electron chi connectivity index (χ2n) is 7.74. The van der Waals surface area contributed by atoms with Crippen LogP contribution in [0, 0.1) is 13.8 Å². The molecule has 1 N–H and O–H groups in total. The van der Waals surface area contributed by atoms with Crippen LogP contribution in [-0.4, -0.2) is 55.2 Å². The van der Waals surface area contributed by atoms with Crippen molar-refractivity contribution in [2.24, 2.45) is 4.99 Å². The molecule has 1 aromatic carbocycles. The summed E-state index contributed by atoms with van der Waals surface area (Å²) in [6, 6.07) is 11.5. The lowest BCUT2D eigenvalue weighted by Crippen LogP contribution is -2.52. The van der Waals surface area contributed by atoms with Crippen LogP contribution >= 0.6 is 11.6 Å². The first-order valence-electron chi connectivity index (χ1n) is 10.6. The van der Waals surface area contributed by atoms with Crippen molar-refractivity contribution in [2.75, 3.05) is 44.7 Å². The van der Waals surface area contributed by atoms with E-state index >= 15 is 0 Å². The van der Waals surface area contributed by atoms with E-state index in [9.17, 15) is 4.79 Å². The number of piperazine rings is 1. The number of aliphatic imine (C=N–C) groups is 1. The fourth-order valence-electron chi connectivity index (χ4n) is 3.92. The summed E-state index contributed by atoms with van der Waals surface area (Å²) in [4.78, 5) is 21.1. The van der Waals surface area contributed by atoms with Crippen LogP contribution < -0.4 is 15.8 Å². The van der Waals surface area contributed by atoms with E-state index in [-0.39, 0.29) is 5.56 Å². The molecule has 0 bridgehead atoms. The van der Waals surface area contributed by atoms with E-state index < -0.39 is 0 Å². The van der Waals surface area contributed by atoms with Gasteiger partial charge in [-0.25, -0.2) is 0 Å². The van der Waals surface area contributed by atoms with Gasteiger partial charge in [-0.1, -0.05) is 23.7 Å². The number of hydrogen-bond acceptors (Lipinski definition) is 3. The molecule has 0 unspecified atom stereocenters. The van der Waals surface area contributed by atoms with Gasteiger partial charge in [0, 0.05) is 68.8 Å². The number of rotatable bonds is 6. The van der Waals surface area contributed by atoms with Crippen molar-refractivity contribution >= 4 is 23.2 Å². The SMILES string of the molecule is CN=C(NCCCCn1c(C)cccc1=O)N1CCN(c2cc(Cl)ccc2C)CC1. The Kier molecular flexibility index (Phi) is 7.80. The third kappa shape index (κ3) is 5.57. The second kappa shape index (κ2) is 10.5. The summed E-state index contributed by atoms with van der Waals surface area (Å²) >= 11 is 6.19. The average Bonchev–Trinajstić information content (AvgIpc) is 2.74. The average molecular weight is 430 g/mol. The Hall–Kier alpha value is -2.47. The Morgan fingerprint density at radius 3 is 2.57 bits per heavy atom. The second-order valence-corrected chi connectivity index (χ2v) is 8.18. The molecule has 2 heterocycles. The molecule has 0 aliphatic carbocycles. The van der Waals surface area contributed by atoms with Gasteiger partial charge < -0.3 is 19.7 Å². The molecule has 0 radical (unpaired) electrons. The minimum Gasteiger partial charge on any atom is -0.368 e. The van der Waals surface area contributed by atoms with Crippen LogP contribution in [-0.2, 0) is 6.54 Å². The maximum Gasteiger partial charge on any atom is 0.250 e. The molecule has 1 aliphatic rings. The van der Waals surface area contributed by atoms with Crippen molar-refractivity contribution in [1.29, 1.82) is 0 Å². The van der Waals surface area contributed by atoms with Crippen molar-refractivity contribution in [3.63, 3.8) is 0 Å². The number of guanidine groups is 1. The molecule has 30 heavy (non-hydrogen) atoms. The van der Waals surface area contributed by atoms with Crippen molar-refractivity contribution < 1.29 is 0 Å². The van der Waals surface area contributed by atoms with E-state index in [0.29, 0.717) is 0 Å². The molecule has 0 atom stereocenters. The molecule has 0 saturated carbocycles. The Balaban J connectivity index is 1.44. The molecule has 6 nitrogen and oxygen atoms in total. The molecule has 1 saturated heterocycles. The summed E-state index contributed by atoms with van der Waals surface area (Å²) in [5.41, 5.74) is 3.56. The number of benzene rings is 1. The fourth-order valence-corrected chi connectivity index (χ4v) is 4.09. The van der Waals surface area contributed by atoms with Gasteiger partial charge in [-0.05, 0) is 50.5 Å². The maximum atomic E-state index is 11.9. The molecular formula is C23H32ClN5O. The normalized spacial score (nSPS) is 14.9. The maximum absolute atomic E-state index is 11.9. The Bertz CT molecular complexity index is 931. The van der Waals surface area contributed by atoms with Gasteiger partial charge in [0.2, 0.25) is 0 Å². The van der Waals surface area contributed by atoms with E-state index in [0.717, 1.165) is 68.8 Å². The number of hydrogen-bond donors (Lipinski definition) is 1. The third-order valence-corrected chi connectivity index (χ3v) is 5.90. The van der Waals surface area contributed by atoms with Gasteiger partial charge in [-0.2, -0.15) is 0 Å². The van der Waals surface area contributed by atoms with E-state index in [1.165, 1.54) is 11.3 Å². The molecule has 2 aromatic rings. The summed E-state index contributed by atoms with van der Waals surface area (Å²) in [6.45, 7) is 9.44. The molecular weight excluding hydrogens is 398 g/mol. The Morgan fingerprint density at radius 2 is 1.87 bits per heavy atom. The van der Waals surface area contributed by atoms with Crippen LogP contribution in [0.4, 0.5) is 5.69 Å². The first-order chi connectivity index (χ1) is 14.5. The number of unbranched alkanes of at least 4 members (excludes halogenated alkanes) is 1. The zero-order valence-electron chi connectivity index (χ0n) is 18.2. The molecule has 1 fully saturated rings. The number of nitrogens with one attached hydrogen (secondary N) is 1. The third-order valence-electron chi connectivity index (χ3n) is 5.66. The van der Waals surface area contributed by atoms with Crippen molar-refractivity contribution in [2.45, 2.75) is 33.2 Å². The first-order valence-corrected chi connectivity index (χ1v) is 11.0. The highest BCUT2D eigenvalue weighted by Crippen LogP contribution is 2.25. The minimum absolute atomic E-state index is 0.0755. The lowest BCUT2D eigenvalue weighted by Gasteiger charge is -2.38. The van der Waals surface area contributed by atoms with Gasteiger partial charge in [0.05, 0.1) is 0 Å². The van der Waals surface area contributed by atoms with Gasteiger partial charge in [-0.3, -0.25) is 9.79 Å². The predicted octanol–water partition coefficient (Wildman–Crippen LogP) is 3.30.